The Bertz CT molecular complexity index is 462. The van der Waals surface area contributed by atoms with Crippen molar-refractivity contribution >= 4 is 0 Å². The van der Waals surface area contributed by atoms with Gasteiger partial charge in [-0.1, -0.05) is 32.9 Å². The number of hydrogen-bond donors (Lipinski definition) is 1. The molecule has 0 saturated heterocycles. The van der Waals surface area contributed by atoms with E-state index in [2.05, 4.69) is 58.0 Å². The van der Waals surface area contributed by atoms with Gasteiger partial charge in [0.15, 0.2) is 0 Å². The maximum absolute atomic E-state index is 5.37. The molecule has 1 aromatic carbocycles. The third-order valence-electron chi connectivity index (χ3n) is 4.06. The van der Waals surface area contributed by atoms with Crippen molar-refractivity contribution in [3.8, 4) is 12.3 Å². The van der Waals surface area contributed by atoms with Crippen molar-refractivity contribution in [2.24, 2.45) is 0 Å². The van der Waals surface area contributed by atoms with Crippen molar-refractivity contribution in [1.82, 2.24) is 5.32 Å². The fraction of sp³-hybridized carbons (Fsp3) is 0.579. The average molecular weight is 271 g/mol. The molecule has 0 amide bonds. The van der Waals surface area contributed by atoms with E-state index in [4.69, 9.17) is 6.42 Å². The van der Waals surface area contributed by atoms with Gasteiger partial charge >= 0.3 is 0 Å². The third kappa shape index (κ3) is 4.39. The van der Waals surface area contributed by atoms with Crippen LogP contribution in [0.5, 0.6) is 0 Å². The Kier molecular flexibility index (Phi) is 5.84. The number of benzene rings is 1. The highest BCUT2D eigenvalue weighted by molar-refractivity contribution is 5.41. The van der Waals surface area contributed by atoms with E-state index in [1.807, 2.05) is 7.05 Å². The van der Waals surface area contributed by atoms with Gasteiger partial charge in [0.25, 0.3) is 0 Å². The lowest BCUT2D eigenvalue weighted by Gasteiger charge is -2.24. The fourth-order valence-corrected chi connectivity index (χ4v) is 2.60. The maximum atomic E-state index is 5.37. The van der Waals surface area contributed by atoms with Crippen LogP contribution in [0.3, 0.4) is 0 Å². The van der Waals surface area contributed by atoms with Crippen LogP contribution in [0, 0.1) is 26.2 Å². The van der Waals surface area contributed by atoms with Crippen molar-refractivity contribution in [2.75, 3.05) is 7.05 Å². The van der Waals surface area contributed by atoms with Crippen molar-refractivity contribution in [3.05, 3.63) is 34.4 Å². The smallest absolute Gasteiger partial charge is 0.0114 e. The number of terminal acetylenes is 1. The summed E-state index contributed by atoms with van der Waals surface area (Å²) >= 11 is 0. The standard InChI is InChI=1S/C19H29N/c1-8-9-10-17(20-7)13-18-14(2)11-16(12-15(18)3)19(4,5)6/h1,11-12,17,20H,9-10,13H2,2-7H3. The molecule has 1 unspecified atom stereocenters. The molecular weight excluding hydrogens is 242 g/mol. The van der Waals surface area contributed by atoms with Crippen LogP contribution in [0.1, 0.15) is 55.9 Å². The highest BCUT2D eigenvalue weighted by Gasteiger charge is 2.17. The monoisotopic (exact) mass is 271 g/mol. The van der Waals surface area contributed by atoms with Gasteiger partial charge in [0.2, 0.25) is 0 Å². The minimum atomic E-state index is 0.208. The zero-order chi connectivity index (χ0) is 15.3. The SMILES string of the molecule is C#CCCC(Cc1c(C)cc(C(C)(C)C)cc1C)NC. The first-order chi connectivity index (χ1) is 9.29. The van der Waals surface area contributed by atoms with Crippen LogP contribution in [-0.2, 0) is 11.8 Å². The molecular formula is C19H29N. The van der Waals surface area contributed by atoms with E-state index >= 15 is 0 Å². The Labute approximate surface area is 125 Å². The Hall–Kier alpha value is -1.26. The lowest BCUT2D eigenvalue weighted by atomic mass is 9.82. The first-order valence-corrected chi connectivity index (χ1v) is 7.51. The van der Waals surface area contributed by atoms with E-state index in [-0.39, 0.29) is 5.41 Å². The van der Waals surface area contributed by atoms with Gasteiger partial charge in [-0.25, -0.2) is 0 Å². The molecule has 1 atom stereocenters. The van der Waals surface area contributed by atoms with Crippen molar-refractivity contribution in [3.63, 3.8) is 0 Å². The second-order valence-corrected chi connectivity index (χ2v) is 6.77. The molecule has 0 bridgehead atoms. The van der Waals surface area contributed by atoms with Crippen molar-refractivity contribution in [1.29, 1.82) is 0 Å². The number of rotatable bonds is 5. The van der Waals surface area contributed by atoms with Gasteiger partial charge in [0.05, 0.1) is 0 Å². The molecule has 0 radical (unpaired) electrons. The molecule has 0 aliphatic carbocycles. The summed E-state index contributed by atoms with van der Waals surface area (Å²) in [6.45, 7) is 11.3. The van der Waals surface area contributed by atoms with Gasteiger partial charge < -0.3 is 5.32 Å². The molecule has 0 spiro atoms. The fourth-order valence-electron chi connectivity index (χ4n) is 2.60. The maximum Gasteiger partial charge on any atom is 0.0114 e. The zero-order valence-electron chi connectivity index (χ0n) is 13.9. The zero-order valence-corrected chi connectivity index (χ0v) is 13.9. The van der Waals surface area contributed by atoms with Gasteiger partial charge in [-0.15, -0.1) is 12.3 Å². The summed E-state index contributed by atoms with van der Waals surface area (Å²) in [5.41, 5.74) is 5.89. The predicted octanol–water partition coefficient (Wildman–Crippen LogP) is 4.14. The molecule has 0 aliphatic rings. The second kappa shape index (κ2) is 6.95. The summed E-state index contributed by atoms with van der Waals surface area (Å²) in [6, 6.07) is 5.15. The summed E-state index contributed by atoms with van der Waals surface area (Å²) in [7, 11) is 2.02. The molecule has 20 heavy (non-hydrogen) atoms. The topological polar surface area (TPSA) is 12.0 Å². The molecule has 1 N–H and O–H groups in total. The molecule has 1 rings (SSSR count). The molecule has 0 aliphatic heterocycles. The van der Waals surface area contributed by atoms with Crippen LogP contribution in [0.15, 0.2) is 12.1 Å². The first kappa shape index (κ1) is 16.8. The Morgan fingerprint density at radius 2 is 1.75 bits per heavy atom. The van der Waals surface area contributed by atoms with Crippen LogP contribution in [-0.4, -0.2) is 13.1 Å². The Balaban J connectivity index is 2.99. The first-order valence-electron chi connectivity index (χ1n) is 7.51. The van der Waals surface area contributed by atoms with Gasteiger partial charge in [-0.05, 0) is 61.4 Å². The summed E-state index contributed by atoms with van der Waals surface area (Å²) in [4.78, 5) is 0. The van der Waals surface area contributed by atoms with E-state index in [1.165, 1.54) is 22.3 Å². The van der Waals surface area contributed by atoms with E-state index in [1.54, 1.807) is 0 Å². The lowest BCUT2D eigenvalue weighted by molar-refractivity contribution is 0.525. The van der Waals surface area contributed by atoms with Crippen molar-refractivity contribution in [2.45, 2.75) is 65.3 Å². The summed E-state index contributed by atoms with van der Waals surface area (Å²) in [6.07, 6.45) is 8.30. The molecule has 0 saturated carbocycles. The van der Waals surface area contributed by atoms with Crippen LogP contribution >= 0.6 is 0 Å². The third-order valence-corrected chi connectivity index (χ3v) is 4.06. The molecule has 0 aromatic heterocycles. The number of hydrogen-bond acceptors (Lipinski definition) is 1. The highest BCUT2D eigenvalue weighted by atomic mass is 14.9. The van der Waals surface area contributed by atoms with E-state index in [0.717, 1.165) is 19.3 Å². The number of likely N-dealkylation sites (N-methyl/N-ethyl adjacent to an activating group) is 1. The van der Waals surface area contributed by atoms with Gasteiger partial charge in [0, 0.05) is 12.5 Å². The molecule has 0 heterocycles. The predicted molar refractivity (Wildman–Crippen MR) is 89.2 cm³/mol. The van der Waals surface area contributed by atoms with Crippen LogP contribution in [0.4, 0.5) is 0 Å². The Morgan fingerprint density at radius 1 is 1.20 bits per heavy atom. The molecule has 1 nitrogen and oxygen atoms in total. The minimum Gasteiger partial charge on any atom is -0.317 e. The molecule has 1 aromatic rings. The van der Waals surface area contributed by atoms with E-state index in [9.17, 15) is 0 Å². The normalized spacial score (nSPS) is 13.1. The van der Waals surface area contributed by atoms with Crippen LogP contribution in [0.25, 0.3) is 0 Å². The minimum absolute atomic E-state index is 0.208. The Morgan fingerprint density at radius 3 is 2.15 bits per heavy atom. The second-order valence-electron chi connectivity index (χ2n) is 6.77. The molecule has 110 valence electrons. The van der Waals surface area contributed by atoms with Gasteiger partial charge in [-0.3, -0.25) is 0 Å². The molecule has 1 heteroatoms. The molecule has 0 fully saturated rings. The summed E-state index contributed by atoms with van der Waals surface area (Å²) < 4.78 is 0. The van der Waals surface area contributed by atoms with Gasteiger partial charge in [-0.2, -0.15) is 0 Å². The summed E-state index contributed by atoms with van der Waals surface area (Å²) in [5, 5.41) is 3.39. The van der Waals surface area contributed by atoms with Gasteiger partial charge in [0.1, 0.15) is 0 Å². The van der Waals surface area contributed by atoms with E-state index in [0.29, 0.717) is 6.04 Å². The van der Waals surface area contributed by atoms with Crippen molar-refractivity contribution < 1.29 is 0 Å². The lowest BCUT2D eigenvalue weighted by Crippen LogP contribution is -2.28. The largest absolute Gasteiger partial charge is 0.317 e. The number of aryl methyl sites for hydroxylation is 2. The van der Waals surface area contributed by atoms with E-state index < -0.39 is 0 Å². The average Bonchev–Trinajstić information content (AvgIpc) is 2.36. The van der Waals surface area contributed by atoms with Crippen LogP contribution in [0.2, 0.25) is 0 Å². The number of nitrogens with one attached hydrogen (secondary N) is 1. The highest BCUT2D eigenvalue weighted by Crippen LogP contribution is 2.27. The van der Waals surface area contributed by atoms with Crippen LogP contribution < -0.4 is 5.32 Å². The summed E-state index contributed by atoms with van der Waals surface area (Å²) in [5.74, 6) is 2.74. The quantitative estimate of drug-likeness (QED) is 0.794.